The Labute approximate surface area is 92.5 Å². The van der Waals surface area contributed by atoms with Crippen LogP contribution in [0.3, 0.4) is 0 Å². The van der Waals surface area contributed by atoms with Gasteiger partial charge in [0.2, 0.25) is 0 Å². The molecule has 90 valence electrons. The zero-order valence-electron chi connectivity index (χ0n) is 8.93. The van der Waals surface area contributed by atoms with Gasteiger partial charge in [-0.2, -0.15) is 0 Å². The van der Waals surface area contributed by atoms with Gasteiger partial charge in [-0.1, -0.05) is 13.3 Å². The Kier molecular flexibility index (Phi) is 6.58. The van der Waals surface area contributed by atoms with Crippen LogP contribution in [0.4, 0.5) is 0 Å². The molecule has 0 aromatic carbocycles. The Hall–Kier alpha value is -1.85. The summed E-state index contributed by atoms with van der Waals surface area (Å²) >= 11 is 0. The van der Waals surface area contributed by atoms with E-state index < -0.39 is 29.9 Å². The molecule has 0 aliphatic rings. The number of unbranched alkanes of at least 4 members (excludes halogenated alkanes) is 1. The van der Waals surface area contributed by atoms with Crippen LogP contribution in [0.2, 0.25) is 0 Å². The van der Waals surface area contributed by atoms with Gasteiger partial charge in [-0.15, -0.1) is 0 Å². The molecule has 0 amide bonds. The van der Waals surface area contributed by atoms with Crippen molar-refractivity contribution in [1.82, 2.24) is 0 Å². The van der Waals surface area contributed by atoms with Gasteiger partial charge in [0.1, 0.15) is 0 Å². The molecule has 0 aromatic heterocycles. The molecule has 0 spiro atoms. The van der Waals surface area contributed by atoms with Gasteiger partial charge in [0.15, 0.2) is 0 Å². The van der Waals surface area contributed by atoms with Crippen molar-refractivity contribution < 1.29 is 29.3 Å². The molecule has 0 bridgehead atoms. The van der Waals surface area contributed by atoms with E-state index in [9.17, 15) is 14.4 Å². The standard InChI is InChI=1S/C10H14O6/c1-2-3-4-16-9(13)6-7(10(14)15)5-8(11)12/h6H,2-5H2,1H3,(H,11,12)(H,14,15). The topological polar surface area (TPSA) is 101 Å². The van der Waals surface area contributed by atoms with Crippen molar-refractivity contribution in [3.8, 4) is 0 Å². The number of rotatable bonds is 7. The Bertz CT molecular complexity index is 304. The van der Waals surface area contributed by atoms with Crippen LogP contribution in [0.5, 0.6) is 0 Å². The van der Waals surface area contributed by atoms with E-state index in [2.05, 4.69) is 4.74 Å². The summed E-state index contributed by atoms with van der Waals surface area (Å²) in [6, 6.07) is 0. The summed E-state index contributed by atoms with van der Waals surface area (Å²) < 4.78 is 4.67. The molecule has 0 saturated heterocycles. The number of carboxylic acid groups (broad SMARTS) is 2. The average Bonchev–Trinajstić information content (AvgIpc) is 2.16. The van der Waals surface area contributed by atoms with Crippen molar-refractivity contribution in [3.63, 3.8) is 0 Å². The fourth-order valence-corrected chi connectivity index (χ4v) is 0.852. The predicted molar refractivity (Wildman–Crippen MR) is 53.8 cm³/mol. The highest BCUT2D eigenvalue weighted by molar-refractivity contribution is 5.98. The summed E-state index contributed by atoms with van der Waals surface area (Å²) in [5, 5.41) is 17.0. The van der Waals surface area contributed by atoms with Crippen LogP contribution >= 0.6 is 0 Å². The fourth-order valence-electron chi connectivity index (χ4n) is 0.852. The van der Waals surface area contributed by atoms with Gasteiger partial charge < -0.3 is 14.9 Å². The van der Waals surface area contributed by atoms with E-state index in [0.29, 0.717) is 12.5 Å². The molecule has 16 heavy (non-hydrogen) atoms. The number of carbonyl (C=O) groups is 3. The highest BCUT2D eigenvalue weighted by Crippen LogP contribution is 2.02. The lowest BCUT2D eigenvalue weighted by Crippen LogP contribution is -2.11. The van der Waals surface area contributed by atoms with Crippen molar-refractivity contribution in [1.29, 1.82) is 0 Å². The van der Waals surface area contributed by atoms with Crippen molar-refractivity contribution in [2.75, 3.05) is 6.61 Å². The fraction of sp³-hybridized carbons (Fsp3) is 0.500. The summed E-state index contributed by atoms with van der Waals surface area (Å²) in [6.07, 6.45) is 1.52. The number of aliphatic carboxylic acids is 2. The zero-order chi connectivity index (χ0) is 12.6. The first kappa shape index (κ1) is 14.2. The molecule has 0 saturated carbocycles. The molecule has 6 nitrogen and oxygen atoms in total. The average molecular weight is 230 g/mol. The quantitative estimate of drug-likeness (QED) is 0.381. The zero-order valence-corrected chi connectivity index (χ0v) is 8.93. The van der Waals surface area contributed by atoms with Crippen LogP contribution in [0.15, 0.2) is 11.6 Å². The SMILES string of the molecule is CCCCOC(=O)C=C(CC(=O)O)C(=O)O. The minimum absolute atomic E-state index is 0.200. The first-order chi connectivity index (χ1) is 7.47. The van der Waals surface area contributed by atoms with Gasteiger partial charge in [-0.3, -0.25) is 4.79 Å². The number of hydrogen-bond acceptors (Lipinski definition) is 4. The molecule has 0 radical (unpaired) electrons. The van der Waals surface area contributed by atoms with E-state index in [0.717, 1.165) is 6.42 Å². The van der Waals surface area contributed by atoms with E-state index in [1.165, 1.54) is 0 Å². The van der Waals surface area contributed by atoms with Gasteiger partial charge in [0, 0.05) is 6.08 Å². The molecule has 0 heterocycles. The van der Waals surface area contributed by atoms with Gasteiger partial charge in [0.25, 0.3) is 0 Å². The number of hydrogen-bond donors (Lipinski definition) is 2. The Morgan fingerprint density at radius 3 is 2.31 bits per heavy atom. The van der Waals surface area contributed by atoms with E-state index in [-0.39, 0.29) is 6.61 Å². The first-order valence-electron chi connectivity index (χ1n) is 4.79. The number of esters is 1. The predicted octanol–water partition coefficient (Wildman–Crippen LogP) is 0.815. The highest BCUT2D eigenvalue weighted by atomic mass is 16.5. The second kappa shape index (κ2) is 7.44. The van der Waals surface area contributed by atoms with Gasteiger partial charge in [-0.05, 0) is 6.42 Å². The molecule has 0 aliphatic carbocycles. The molecule has 2 N–H and O–H groups in total. The lowest BCUT2D eigenvalue weighted by atomic mass is 10.2. The minimum Gasteiger partial charge on any atom is -0.481 e. The Morgan fingerprint density at radius 1 is 1.25 bits per heavy atom. The maximum atomic E-state index is 11.1. The highest BCUT2D eigenvalue weighted by Gasteiger charge is 2.14. The smallest absolute Gasteiger partial charge is 0.332 e. The molecular formula is C10H14O6. The normalized spacial score (nSPS) is 10.9. The molecule has 0 aromatic rings. The third-order valence-electron chi connectivity index (χ3n) is 1.65. The van der Waals surface area contributed by atoms with Crippen LogP contribution in [0, 0.1) is 0 Å². The number of ether oxygens (including phenoxy) is 1. The Morgan fingerprint density at radius 2 is 1.88 bits per heavy atom. The largest absolute Gasteiger partial charge is 0.481 e. The van der Waals surface area contributed by atoms with Crippen molar-refractivity contribution in [2.24, 2.45) is 0 Å². The second-order valence-corrected chi connectivity index (χ2v) is 3.07. The summed E-state index contributed by atoms with van der Waals surface area (Å²) in [6.45, 7) is 2.11. The molecule has 0 aliphatic heterocycles. The summed E-state index contributed by atoms with van der Waals surface area (Å²) in [5.41, 5.74) is -0.492. The van der Waals surface area contributed by atoms with Crippen LogP contribution in [0.1, 0.15) is 26.2 Å². The van der Waals surface area contributed by atoms with Crippen LogP contribution in [0.25, 0.3) is 0 Å². The minimum atomic E-state index is -1.44. The van der Waals surface area contributed by atoms with Crippen LogP contribution in [-0.4, -0.2) is 34.7 Å². The maximum Gasteiger partial charge on any atom is 0.332 e. The molecular weight excluding hydrogens is 216 g/mol. The molecule has 0 rings (SSSR count). The monoisotopic (exact) mass is 230 g/mol. The van der Waals surface area contributed by atoms with Gasteiger partial charge in [-0.25, -0.2) is 9.59 Å². The third kappa shape index (κ3) is 6.58. The van der Waals surface area contributed by atoms with E-state index in [1.807, 2.05) is 6.92 Å². The number of carbonyl (C=O) groups excluding carboxylic acids is 1. The first-order valence-corrected chi connectivity index (χ1v) is 4.79. The van der Waals surface area contributed by atoms with Crippen molar-refractivity contribution >= 4 is 17.9 Å². The van der Waals surface area contributed by atoms with Gasteiger partial charge >= 0.3 is 17.9 Å². The second-order valence-electron chi connectivity index (χ2n) is 3.07. The Balaban J connectivity index is 4.36. The van der Waals surface area contributed by atoms with Crippen LogP contribution < -0.4 is 0 Å². The van der Waals surface area contributed by atoms with E-state index in [1.54, 1.807) is 0 Å². The number of carboxylic acids is 2. The summed E-state index contributed by atoms with van der Waals surface area (Å²) in [5.74, 6) is -3.57. The molecule has 0 fully saturated rings. The molecule has 0 atom stereocenters. The summed E-state index contributed by atoms with van der Waals surface area (Å²) in [7, 11) is 0. The van der Waals surface area contributed by atoms with E-state index in [4.69, 9.17) is 10.2 Å². The van der Waals surface area contributed by atoms with Gasteiger partial charge in [0.05, 0.1) is 18.6 Å². The lowest BCUT2D eigenvalue weighted by Gasteiger charge is -2.01. The maximum absolute atomic E-state index is 11.1. The van der Waals surface area contributed by atoms with Crippen LogP contribution in [-0.2, 0) is 19.1 Å². The van der Waals surface area contributed by atoms with Crippen molar-refractivity contribution in [3.05, 3.63) is 11.6 Å². The van der Waals surface area contributed by atoms with Crippen molar-refractivity contribution in [2.45, 2.75) is 26.2 Å². The summed E-state index contributed by atoms with van der Waals surface area (Å²) in [4.78, 5) is 31.9. The molecule has 6 heteroatoms. The third-order valence-corrected chi connectivity index (χ3v) is 1.65. The van der Waals surface area contributed by atoms with E-state index >= 15 is 0 Å². The lowest BCUT2D eigenvalue weighted by molar-refractivity contribution is -0.140. The molecule has 0 unspecified atom stereocenters.